The molecule has 0 saturated heterocycles. The van der Waals surface area contributed by atoms with Crippen LogP contribution in [0.5, 0.6) is 0 Å². The maximum atomic E-state index is 13.4. The molecule has 1 aromatic heterocycles. The van der Waals surface area contributed by atoms with Crippen molar-refractivity contribution in [1.82, 2.24) is 15.2 Å². The van der Waals surface area contributed by atoms with Crippen LogP contribution in [-0.4, -0.2) is 60.0 Å². The van der Waals surface area contributed by atoms with E-state index in [-0.39, 0.29) is 39.4 Å². The Morgan fingerprint density at radius 2 is 1.85 bits per heavy atom. The van der Waals surface area contributed by atoms with Gasteiger partial charge in [0.1, 0.15) is 6.04 Å². The molecular formula is C29H25Cl2N3O6S. The van der Waals surface area contributed by atoms with Gasteiger partial charge in [0.25, 0.3) is 11.8 Å². The van der Waals surface area contributed by atoms with Crippen LogP contribution in [0.1, 0.15) is 37.4 Å². The van der Waals surface area contributed by atoms with E-state index in [2.05, 4.69) is 10.3 Å². The molecule has 0 bridgehead atoms. The third kappa shape index (κ3) is 5.81. The second-order valence-electron chi connectivity index (χ2n) is 9.89. The molecule has 3 aromatic carbocycles. The highest BCUT2D eigenvalue weighted by Gasteiger charge is 2.30. The number of nitrogens with zero attached hydrogens (tertiary/aromatic N) is 1. The van der Waals surface area contributed by atoms with E-state index in [0.29, 0.717) is 35.2 Å². The normalized spacial score (nSPS) is 14.0. The fourth-order valence-electron chi connectivity index (χ4n) is 5.04. The number of carboxylic acids is 1. The number of carbonyl (C=O) groups excluding carboxylic acids is 2. The SMILES string of the molecule is CS(=O)(=O)c1cccc(CC(NC(=O)c2c(Cl)cc3c(c2Cl)CCN(C(=O)c2cccc4[nH]ccc24)C3)C(=O)O)c1. The van der Waals surface area contributed by atoms with Crippen molar-refractivity contribution in [1.29, 1.82) is 0 Å². The molecule has 0 fully saturated rings. The Bertz CT molecular complexity index is 1820. The summed E-state index contributed by atoms with van der Waals surface area (Å²) in [7, 11) is -3.50. The number of sulfone groups is 1. The first kappa shape index (κ1) is 28.7. The Balaban J connectivity index is 1.36. The number of aromatic amines is 1. The van der Waals surface area contributed by atoms with Crippen molar-refractivity contribution in [2.24, 2.45) is 0 Å². The molecule has 1 aliphatic heterocycles. The molecule has 4 aromatic rings. The molecule has 2 heterocycles. The largest absolute Gasteiger partial charge is 0.480 e. The highest BCUT2D eigenvalue weighted by Crippen LogP contribution is 2.35. The summed E-state index contributed by atoms with van der Waals surface area (Å²) in [6.45, 7) is 0.605. The van der Waals surface area contributed by atoms with Gasteiger partial charge in [-0.05, 0) is 59.5 Å². The summed E-state index contributed by atoms with van der Waals surface area (Å²) in [5, 5.41) is 13.2. The minimum absolute atomic E-state index is 0.0245. The van der Waals surface area contributed by atoms with Crippen LogP contribution >= 0.6 is 23.2 Å². The van der Waals surface area contributed by atoms with Gasteiger partial charge in [0.15, 0.2) is 9.84 Å². The number of H-pyrrole nitrogens is 1. The van der Waals surface area contributed by atoms with Gasteiger partial charge in [-0.15, -0.1) is 0 Å². The number of fused-ring (bicyclic) bond motifs is 2. The van der Waals surface area contributed by atoms with E-state index in [0.717, 1.165) is 17.2 Å². The minimum atomic E-state index is -3.50. The Kier molecular flexibility index (Phi) is 7.83. The van der Waals surface area contributed by atoms with Crippen LogP contribution in [0.4, 0.5) is 0 Å². The molecule has 0 radical (unpaired) electrons. The van der Waals surface area contributed by atoms with Crippen LogP contribution in [0.25, 0.3) is 10.9 Å². The van der Waals surface area contributed by atoms with Gasteiger partial charge in [-0.1, -0.05) is 41.4 Å². The first-order chi connectivity index (χ1) is 19.4. The molecule has 0 saturated carbocycles. The fourth-order valence-corrected chi connectivity index (χ4v) is 6.50. The third-order valence-electron chi connectivity index (χ3n) is 7.11. The molecule has 9 nitrogen and oxygen atoms in total. The van der Waals surface area contributed by atoms with E-state index < -0.39 is 27.8 Å². The van der Waals surface area contributed by atoms with Crippen molar-refractivity contribution >= 4 is 61.7 Å². The number of halogens is 2. The average Bonchev–Trinajstić information content (AvgIpc) is 3.41. The molecule has 5 rings (SSSR count). The van der Waals surface area contributed by atoms with Crippen molar-refractivity contribution in [3.63, 3.8) is 0 Å². The van der Waals surface area contributed by atoms with Gasteiger partial charge in [0, 0.05) is 48.4 Å². The molecule has 1 aliphatic rings. The Morgan fingerprint density at radius 1 is 1.10 bits per heavy atom. The van der Waals surface area contributed by atoms with Crippen LogP contribution in [0.2, 0.25) is 10.0 Å². The van der Waals surface area contributed by atoms with Crippen LogP contribution < -0.4 is 5.32 Å². The monoisotopic (exact) mass is 613 g/mol. The van der Waals surface area contributed by atoms with Gasteiger partial charge in [0.05, 0.1) is 20.5 Å². The van der Waals surface area contributed by atoms with E-state index in [1.807, 2.05) is 18.2 Å². The molecule has 212 valence electrons. The summed E-state index contributed by atoms with van der Waals surface area (Å²) in [6.07, 6.45) is 3.05. The van der Waals surface area contributed by atoms with Gasteiger partial charge >= 0.3 is 5.97 Å². The first-order valence-corrected chi connectivity index (χ1v) is 15.3. The van der Waals surface area contributed by atoms with Crippen LogP contribution in [0, 0.1) is 0 Å². The van der Waals surface area contributed by atoms with Gasteiger partial charge in [-0.2, -0.15) is 0 Å². The second kappa shape index (κ2) is 11.2. The molecule has 1 unspecified atom stereocenters. The lowest BCUT2D eigenvalue weighted by molar-refractivity contribution is -0.139. The van der Waals surface area contributed by atoms with Crippen LogP contribution in [0.15, 0.2) is 65.7 Å². The Hall–Kier alpha value is -3.86. The molecule has 12 heteroatoms. The standard InChI is InChI=1S/C29H25Cl2N3O6S/c1-41(39,40)18-5-2-4-16(12-18)13-24(29(37)38)33-27(35)25-22(30)14-17-15-34(11-9-19(17)26(25)31)28(36)21-6-3-7-23-20(21)8-10-32-23/h2-8,10,12,14,24,32H,9,11,13,15H2,1H3,(H,33,35)(H,37,38). The summed E-state index contributed by atoms with van der Waals surface area (Å²) in [6, 6.07) is 13.4. The van der Waals surface area contributed by atoms with Crippen molar-refractivity contribution in [3.8, 4) is 0 Å². The lowest BCUT2D eigenvalue weighted by Gasteiger charge is -2.30. The number of aromatic nitrogens is 1. The maximum Gasteiger partial charge on any atom is 0.326 e. The molecule has 41 heavy (non-hydrogen) atoms. The predicted molar refractivity (Wildman–Crippen MR) is 155 cm³/mol. The predicted octanol–water partition coefficient (Wildman–Crippen LogP) is 4.50. The van der Waals surface area contributed by atoms with Crippen LogP contribution in [0.3, 0.4) is 0 Å². The lowest BCUT2D eigenvalue weighted by atomic mass is 9.95. The smallest absolute Gasteiger partial charge is 0.326 e. The second-order valence-corrected chi connectivity index (χ2v) is 12.7. The number of carbonyl (C=O) groups is 3. The topological polar surface area (TPSA) is 137 Å². The Labute approximate surface area is 246 Å². The summed E-state index contributed by atoms with van der Waals surface area (Å²) in [5.41, 5.74) is 3.16. The number of rotatable bonds is 7. The fraction of sp³-hybridized carbons (Fsp3) is 0.207. The zero-order valence-corrected chi connectivity index (χ0v) is 24.1. The molecule has 2 amide bonds. The number of hydrogen-bond acceptors (Lipinski definition) is 5. The number of benzene rings is 3. The number of amides is 2. The summed E-state index contributed by atoms with van der Waals surface area (Å²) in [4.78, 5) is 43.5. The van der Waals surface area contributed by atoms with E-state index in [9.17, 15) is 27.9 Å². The van der Waals surface area contributed by atoms with Crippen molar-refractivity contribution in [2.75, 3.05) is 12.8 Å². The Morgan fingerprint density at radius 3 is 2.59 bits per heavy atom. The van der Waals surface area contributed by atoms with Gasteiger partial charge < -0.3 is 20.3 Å². The van der Waals surface area contributed by atoms with E-state index in [1.165, 1.54) is 18.2 Å². The summed E-state index contributed by atoms with van der Waals surface area (Å²) in [5.74, 6) is -2.22. The van der Waals surface area contributed by atoms with Gasteiger partial charge in [-0.3, -0.25) is 9.59 Å². The molecule has 0 aliphatic carbocycles. The van der Waals surface area contributed by atoms with Crippen molar-refractivity contribution in [3.05, 3.63) is 98.7 Å². The molecule has 0 spiro atoms. The zero-order valence-electron chi connectivity index (χ0n) is 21.8. The number of nitrogens with one attached hydrogen (secondary N) is 2. The quantitative estimate of drug-likeness (QED) is 0.281. The summed E-state index contributed by atoms with van der Waals surface area (Å²) >= 11 is 13.2. The number of hydrogen-bond donors (Lipinski definition) is 3. The number of aliphatic carboxylic acids is 1. The molecular weight excluding hydrogens is 589 g/mol. The lowest BCUT2D eigenvalue weighted by Crippen LogP contribution is -2.42. The zero-order chi connectivity index (χ0) is 29.5. The van der Waals surface area contributed by atoms with Crippen LogP contribution in [-0.2, 0) is 34.0 Å². The van der Waals surface area contributed by atoms with Gasteiger partial charge in [-0.25, -0.2) is 13.2 Å². The highest BCUT2D eigenvalue weighted by molar-refractivity contribution is 7.90. The van der Waals surface area contributed by atoms with E-state index in [1.54, 1.807) is 29.3 Å². The molecule has 1 atom stereocenters. The molecule has 3 N–H and O–H groups in total. The van der Waals surface area contributed by atoms with E-state index in [4.69, 9.17) is 23.2 Å². The number of carboxylic acid groups (broad SMARTS) is 1. The van der Waals surface area contributed by atoms with E-state index >= 15 is 0 Å². The first-order valence-electron chi connectivity index (χ1n) is 12.6. The third-order valence-corrected chi connectivity index (χ3v) is 8.94. The maximum absolute atomic E-state index is 13.4. The minimum Gasteiger partial charge on any atom is -0.480 e. The van der Waals surface area contributed by atoms with Crippen molar-refractivity contribution < 1.29 is 27.9 Å². The summed E-state index contributed by atoms with van der Waals surface area (Å²) < 4.78 is 23.8. The van der Waals surface area contributed by atoms with Gasteiger partial charge in [0.2, 0.25) is 0 Å². The highest BCUT2D eigenvalue weighted by atomic mass is 35.5. The average molecular weight is 615 g/mol. The van der Waals surface area contributed by atoms with Crippen molar-refractivity contribution in [2.45, 2.75) is 30.3 Å².